The van der Waals surface area contributed by atoms with E-state index in [-0.39, 0.29) is 18.7 Å². The minimum absolute atomic E-state index is 0.0589. The maximum atomic E-state index is 12.2. The predicted octanol–water partition coefficient (Wildman–Crippen LogP) is 1.11. The minimum atomic E-state index is -0.467. The summed E-state index contributed by atoms with van der Waals surface area (Å²) in [6, 6.07) is 0.754. The summed E-state index contributed by atoms with van der Waals surface area (Å²) in [6.07, 6.45) is 2.55. The van der Waals surface area contributed by atoms with E-state index in [0.717, 1.165) is 12.8 Å². The van der Waals surface area contributed by atoms with Gasteiger partial charge in [-0.3, -0.25) is 0 Å². The van der Waals surface area contributed by atoms with Gasteiger partial charge in [0.25, 0.3) is 0 Å². The Kier molecular flexibility index (Phi) is 3.82. The van der Waals surface area contributed by atoms with Crippen LogP contribution in [0.25, 0.3) is 0 Å². The van der Waals surface area contributed by atoms with Crippen LogP contribution in [0, 0.1) is 0 Å². The van der Waals surface area contributed by atoms with Crippen LogP contribution in [0.3, 0.4) is 0 Å². The molecule has 2 bridgehead atoms. The highest BCUT2D eigenvalue weighted by molar-refractivity contribution is 5.69. The molecular weight excluding hydrogens is 232 g/mol. The van der Waals surface area contributed by atoms with Crippen LogP contribution >= 0.6 is 0 Å². The number of carbonyl (C=O) groups excluding carboxylic acids is 1. The van der Waals surface area contributed by atoms with E-state index in [9.17, 15) is 9.90 Å². The van der Waals surface area contributed by atoms with E-state index in [2.05, 4.69) is 5.32 Å². The summed E-state index contributed by atoms with van der Waals surface area (Å²) in [5, 5.41) is 12.7. The molecule has 5 nitrogen and oxygen atoms in total. The molecule has 0 aromatic carbocycles. The molecule has 2 fully saturated rings. The Morgan fingerprint density at radius 3 is 2.78 bits per heavy atom. The maximum absolute atomic E-state index is 12.2. The molecule has 5 heteroatoms. The van der Waals surface area contributed by atoms with Gasteiger partial charge in [0.2, 0.25) is 0 Å². The van der Waals surface area contributed by atoms with E-state index in [0.29, 0.717) is 25.0 Å². The lowest BCUT2D eigenvalue weighted by Gasteiger charge is -2.41. The van der Waals surface area contributed by atoms with Crippen molar-refractivity contribution in [1.29, 1.82) is 0 Å². The molecular formula is C13H24N2O3. The van der Waals surface area contributed by atoms with Crippen LogP contribution in [0.5, 0.6) is 0 Å². The van der Waals surface area contributed by atoms with Crippen molar-refractivity contribution < 1.29 is 14.6 Å². The molecule has 2 aliphatic heterocycles. The molecule has 104 valence electrons. The van der Waals surface area contributed by atoms with Crippen molar-refractivity contribution in [3.63, 3.8) is 0 Å². The number of aliphatic hydroxyl groups is 1. The van der Waals surface area contributed by atoms with Gasteiger partial charge in [0, 0.05) is 25.2 Å². The van der Waals surface area contributed by atoms with Crippen molar-refractivity contribution in [3.8, 4) is 0 Å². The number of hydrogen-bond donors (Lipinski definition) is 2. The Labute approximate surface area is 108 Å². The normalized spacial score (nSPS) is 31.6. The second-order valence-corrected chi connectivity index (χ2v) is 6.26. The largest absolute Gasteiger partial charge is 0.444 e. The summed E-state index contributed by atoms with van der Waals surface area (Å²) in [6.45, 7) is 6.43. The summed E-state index contributed by atoms with van der Waals surface area (Å²) >= 11 is 0. The highest BCUT2D eigenvalue weighted by atomic mass is 16.6. The van der Waals surface area contributed by atoms with Gasteiger partial charge in [-0.2, -0.15) is 0 Å². The van der Waals surface area contributed by atoms with Crippen LogP contribution in [0.15, 0.2) is 0 Å². The lowest BCUT2D eigenvalue weighted by atomic mass is 10.0. The standard InChI is InChI=1S/C13H24N2O3/c1-13(2,3)18-12(17)15-8-9-4-5-10(14-9)11(15)6-7-16/h9-11,14,16H,4-8H2,1-3H3/t9-,10+,11+/m1/s1. The Balaban J connectivity index is 2.06. The van der Waals surface area contributed by atoms with Gasteiger partial charge >= 0.3 is 6.09 Å². The number of likely N-dealkylation sites (tertiary alicyclic amines) is 1. The molecule has 2 aliphatic rings. The second-order valence-electron chi connectivity index (χ2n) is 6.26. The minimum Gasteiger partial charge on any atom is -0.444 e. The number of nitrogens with one attached hydrogen (secondary N) is 1. The third-order valence-electron chi connectivity index (χ3n) is 3.61. The van der Waals surface area contributed by atoms with Gasteiger partial charge in [0.15, 0.2) is 0 Å². The van der Waals surface area contributed by atoms with E-state index in [4.69, 9.17) is 4.74 Å². The molecule has 0 radical (unpaired) electrons. The van der Waals surface area contributed by atoms with Crippen molar-refractivity contribution in [2.45, 2.75) is 63.8 Å². The Morgan fingerprint density at radius 2 is 2.17 bits per heavy atom. The molecule has 2 N–H and O–H groups in total. The molecule has 2 saturated heterocycles. The second kappa shape index (κ2) is 5.05. The summed E-state index contributed by atoms with van der Waals surface area (Å²) in [5.74, 6) is 0. The van der Waals surface area contributed by atoms with Crippen molar-refractivity contribution in [3.05, 3.63) is 0 Å². The lowest BCUT2D eigenvalue weighted by molar-refractivity contribution is 0.00221. The predicted molar refractivity (Wildman–Crippen MR) is 68.4 cm³/mol. The first-order valence-electron chi connectivity index (χ1n) is 6.77. The molecule has 2 heterocycles. The van der Waals surface area contributed by atoms with E-state index < -0.39 is 5.60 Å². The molecule has 1 amide bonds. The zero-order valence-corrected chi connectivity index (χ0v) is 11.5. The fraction of sp³-hybridized carbons (Fsp3) is 0.923. The fourth-order valence-corrected chi connectivity index (χ4v) is 2.91. The average Bonchev–Trinajstić information content (AvgIpc) is 2.63. The summed E-state index contributed by atoms with van der Waals surface area (Å²) in [4.78, 5) is 14.0. The molecule has 3 atom stereocenters. The lowest BCUT2D eigenvalue weighted by Crippen LogP contribution is -2.60. The van der Waals surface area contributed by atoms with Crippen molar-refractivity contribution in [2.75, 3.05) is 13.2 Å². The molecule has 0 aromatic rings. The number of piperazine rings is 1. The molecule has 0 saturated carbocycles. The molecule has 0 aliphatic carbocycles. The quantitative estimate of drug-likeness (QED) is 0.777. The smallest absolute Gasteiger partial charge is 0.410 e. The number of carbonyl (C=O) groups is 1. The summed E-state index contributed by atoms with van der Waals surface area (Å²) in [5.41, 5.74) is -0.467. The van der Waals surface area contributed by atoms with Crippen molar-refractivity contribution in [1.82, 2.24) is 10.2 Å². The average molecular weight is 256 g/mol. The first-order valence-corrected chi connectivity index (χ1v) is 6.77. The third kappa shape index (κ3) is 2.95. The highest BCUT2D eigenvalue weighted by Crippen LogP contribution is 2.28. The van der Waals surface area contributed by atoms with Crippen LogP contribution in [-0.4, -0.2) is 53.0 Å². The number of ether oxygens (including phenoxy) is 1. The van der Waals surface area contributed by atoms with Crippen LogP contribution < -0.4 is 5.32 Å². The van der Waals surface area contributed by atoms with E-state index >= 15 is 0 Å². The van der Waals surface area contributed by atoms with E-state index in [1.54, 1.807) is 4.90 Å². The van der Waals surface area contributed by atoms with Crippen molar-refractivity contribution in [2.24, 2.45) is 0 Å². The van der Waals surface area contributed by atoms with Gasteiger partial charge in [-0.1, -0.05) is 0 Å². The topological polar surface area (TPSA) is 61.8 Å². The number of amides is 1. The molecule has 0 unspecified atom stereocenters. The van der Waals surface area contributed by atoms with Gasteiger partial charge in [0.1, 0.15) is 5.60 Å². The third-order valence-corrected chi connectivity index (χ3v) is 3.61. The van der Waals surface area contributed by atoms with Crippen molar-refractivity contribution >= 4 is 6.09 Å². The number of aliphatic hydroxyl groups excluding tert-OH is 1. The van der Waals surface area contributed by atoms with E-state index in [1.807, 2.05) is 20.8 Å². The van der Waals surface area contributed by atoms with Crippen LogP contribution in [0.1, 0.15) is 40.0 Å². The molecule has 0 spiro atoms. The Hall–Kier alpha value is -0.810. The van der Waals surface area contributed by atoms with Gasteiger partial charge in [0.05, 0.1) is 6.04 Å². The van der Waals surface area contributed by atoms with E-state index in [1.165, 1.54) is 0 Å². The first-order chi connectivity index (χ1) is 8.40. The Morgan fingerprint density at radius 1 is 1.44 bits per heavy atom. The monoisotopic (exact) mass is 256 g/mol. The fourth-order valence-electron chi connectivity index (χ4n) is 2.91. The summed E-state index contributed by atoms with van der Waals surface area (Å²) in [7, 11) is 0. The van der Waals surface area contributed by atoms with Gasteiger partial charge in [-0.15, -0.1) is 0 Å². The molecule has 0 aromatic heterocycles. The van der Waals surface area contributed by atoms with Crippen LogP contribution in [-0.2, 0) is 4.74 Å². The molecule has 18 heavy (non-hydrogen) atoms. The van der Waals surface area contributed by atoms with Gasteiger partial charge < -0.3 is 20.1 Å². The van der Waals surface area contributed by atoms with Gasteiger partial charge in [-0.05, 0) is 40.0 Å². The molecule has 2 rings (SSSR count). The number of nitrogens with zero attached hydrogens (tertiary/aromatic N) is 1. The zero-order chi connectivity index (χ0) is 13.3. The van der Waals surface area contributed by atoms with Gasteiger partial charge in [-0.25, -0.2) is 4.79 Å². The Bertz CT molecular complexity index is 314. The number of hydrogen-bond acceptors (Lipinski definition) is 4. The number of rotatable bonds is 2. The highest BCUT2D eigenvalue weighted by Gasteiger charge is 2.42. The zero-order valence-electron chi connectivity index (χ0n) is 11.5. The first kappa shape index (κ1) is 13.6. The summed E-state index contributed by atoms with van der Waals surface area (Å²) < 4.78 is 5.46. The van der Waals surface area contributed by atoms with Crippen LogP contribution in [0.2, 0.25) is 0 Å². The van der Waals surface area contributed by atoms with Crippen LogP contribution in [0.4, 0.5) is 4.79 Å². The SMILES string of the molecule is CC(C)(C)OC(=O)N1C[C@H]2CC[C@H](N2)[C@@H]1CCO. The number of fused-ring (bicyclic) bond motifs is 2. The maximum Gasteiger partial charge on any atom is 0.410 e.